The van der Waals surface area contributed by atoms with Crippen molar-refractivity contribution >= 4 is 34.8 Å². The van der Waals surface area contributed by atoms with Gasteiger partial charge in [0.25, 0.3) is 11.8 Å². The van der Waals surface area contributed by atoms with Crippen LogP contribution in [0.4, 0.5) is 5.69 Å². The molecule has 0 saturated carbocycles. The number of anilines is 1. The quantitative estimate of drug-likeness (QED) is 0.421. The van der Waals surface area contributed by atoms with Gasteiger partial charge in [0, 0.05) is 17.5 Å². The third-order valence-electron chi connectivity index (χ3n) is 4.75. The lowest BCUT2D eigenvalue weighted by Gasteiger charge is -2.21. The Morgan fingerprint density at radius 3 is 2.18 bits per heavy atom. The highest BCUT2D eigenvalue weighted by Crippen LogP contribution is 2.17. The Kier molecular flexibility index (Phi) is 8.38. The molecule has 0 aliphatic carbocycles. The lowest BCUT2D eigenvalue weighted by Crippen LogP contribution is -2.41. The van der Waals surface area contributed by atoms with Gasteiger partial charge in [-0.15, -0.1) is 0 Å². The van der Waals surface area contributed by atoms with Crippen LogP contribution in [0.2, 0.25) is 0 Å². The van der Waals surface area contributed by atoms with E-state index in [1.54, 1.807) is 48.5 Å². The molecule has 7 heteroatoms. The molecule has 0 unspecified atom stereocenters. The first-order chi connectivity index (χ1) is 16.2. The largest absolute Gasteiger partial charge is 0.493 e. The Labute approximate surface area is 205 Å². The number of amides is 2. The SMILES string of the molecule is CC(C)(C)NC(=O)c1ccccc1NC(=S)NC(=O)c1ccc(OCCc2ccccc2)cc1. The Morgan fingerprint density at radius 1 is 0.853 bits per heavy atom. The molecular formula is C27H29N3O3S. The summed E-state index contributed by atoms with van der Waals surface area (Å²) in [6.45, 7) is 6.27. The van der Waals surface area contributed by atoms with Gasteiger partial charge in [-0.3, -0.25) is 14.9 Å². The highest BCUT2D eigenvalue weighted by Gasteiger charge is 2.18. The summed E-state index contributed by atoms with van der Waals surface area (Å²) in [5.74, 6) is 0.101. The van der Waals surface area contributed by atoms with Gasteiger partial charge in [-0.1, -0.05) is 42.5 Å². The average Bonchev–Trinajstić information content (AvgIpc) is 2.79. The summed E-state index contributed by atoms with van der Waals surface area (Å²) in [5.41, 5.74) is 2.22. The first-order valence-electron chi connectivity index (χ1n) is 11.0. The normalized spacial score (nSPS) is 10.8. The minimum atomic E-state index is -0.379. The van der Waals surface area contributed by atoms with Crippen LogP contribution in [-0.2, 0) is 6.42 Å². The van der Waals surface area contributed by atoms with Crippen LogP contribution < -0.4 is 20.7 Å². The number of ether oxygens (including phenoxy) is 1. The van der Waals surface area contributed by atoms with E-state index in [1.807, 2.05) is 39.0 Å². The maximum atomic E-state index is 12.6. The van der Waals surface area contributed by atoms with Crippen molar-refractivity contribution < 1.29 is 14.3 Å². The zero-order valence-corrected chi connectivity index (χ0v) is 20.4. The Balaban J connectivity index is 1.54. The fourth-order valence-corrected chi connectivity index (χ4v) is 3.36. The molecule has 34 heavy (non-hydrogen) atoms. The highest BCUT2D eigenvalue weighted by atomic mass is 32.1. The molecule has 0 aliphatic heterocycles. The van der Waals surface area contributed by atoms with Gasteiger partial charge in [0.2, 0.25) is 0 Å². The number of para-hydroxylation sites is 1. The smallest absolute Gasteiger partial charge is 0.257 e. The summed E-state index contributed by atoms with van der Waals surface area (Å²) < 4.78 is 5.77. The Morgan fingerprint density at radius 2 is 1.50 bits per heavy atom. The number of benzene rings is 3. The van der Waals surface area contributed by atoms with Crippen LogP contribution in [0, 0.1) is 0 Å². The molecule has 0 aromatic heterocycles. The number of thiocarbonyl (C=S) groups is 1. The van der Waals surface area contributed by atoms with Crippen molar-refractivity contribution in [1.29, 1.82) is 0 Å². The van der Waals surface area contributed by atoms with Crippen molar-refractivity contribution in [2.75, 3.05) is 11.9 Å². The summed E-state index contributed by atoms with van der Waals surface area (Å²) in [7, 11) is 0. The van der Waals surface area contributed by atoms with Crippen LogP contribution in [0.1, 0.15) is 47.1 Å². The molecule has 3 aromatic carbocycles. The number of hydrogen-bond acceptors (Lipinski definition) is 4. The van der Waals surface area contributed by atoms with E-state index in [4.69, 9.17) is 17.0 Å². The van der Waals surface area contributed by atoms with Crippen LogP contribution in [0.3, 0.4) is 0 Å². The second-order valence-electron chi connectivity index (χ2n) is 8.77. The van der Waals surface area contributed by atoms with Gasteiger partial charge in [0.05, 0.1) is 17.9 Å². The standard InChI is InChI=1S/C27H29N3O3S/c1-27(2,3)30-25(32)22-11-7-8-12-23(22)28-26(34)29-24(31)20-13-15-21(16-14-20)33-18-17-19-9-5-4-6-10-19/h4-16H,17-18H2,1-3H3,(H,30,32)(H2,28,29,31,34). The van der Waals surface area contributed by atoms with E-state index in [0.29, 0.717) is 29.2 Å². The maximum Gasteiger partial charge on any atom is 0.257 e. The van der Waals surface area contributed by atoms with Crippen molar-refractivity contribution in [2.24, 2.45) is 0 Å². The molecule has 3 rings (SSSR count). The second kappa shape index (κ2) is 11.4. The molecule has 0 heterocycles. The topological polar surface area (TPSA) is 79.5 Å². The summed E-state index contributed by atoms with van der Waals surface area (Å²) in [5, 5.41) is 8.62. The van der Waals surface area contributed by atoms with Crippen molar-refractivity contribution in [2.45, 2.75) is 32.7 Å². The minimum Gasteiger partial charge on any atom is -0.493 e. The van der Waals surface area contributed by atoms with Crippen molar-refractivity contribution in [3.63, 3.8) is 0 Å². The van der Waals surface area contributed by atoms with E-state index < -0.39 is 0 Å². The third kappa shape index (κ3) is 7.71. The number of nitrogens with one attached hydrogen (secondary N) is 3. The van der Waals surface area contributed by atoms with Gasteiger partial charge in [0.1, 0.15) is 5.75 Å². The summed E-state index contributed by atoms with van der Waals surface area (Å²) in [6.07, 6.45) is 0.804. The van der Waals surface area contributed by atoms with Crippen molar-refractivity contribution in [3.05, 3.63) is 95.6 Å². The third-order valence-corrected chi connectivity index (χ3v) is 4.96. The second-order valence-corrected chi connectivity index (χ2v) is 9.17. The fraction of sp³-hybridized carbons (Fsp3) is 0.222. The van der Waals surface area contributed by atoms with Crippen LogP contribution in [-0.4, -0.2) is 29.1 Å². The molecule has 0 fully saturated rings. The molecule has 3 aromatic rings. The van der Waals surface area contributed by atoms with E-state index in [0.717, 1.165) is 6.42 Å². The highest BCUT2D eigenvalue weighted by molar-refractivity contribution is 7.80. The summed E-state index contributed by atoms with van der Waals surface area (Å²) in [6, 6.07) is 24.0. The molecule has 3 N–H and O–H groups in total. The van der Waals surface area contributed by atoms with E-state index in [2.05, 4.69) is 28.1 Å². The lowest BCUT2D eigenvalue weighted by atomic mass is 10.1. The molecule has 0 aliphatic rings. The average molecular weight is 476 g/mol. The molecule has 2 amide bonds. The van der Waals surface area contributed by atoms with E-state index in [1.165, 1.54) is 5.56 Å². The molecule has 0 bridgehead atoms. The van der Waals surface area contributed by atoms with Gasteiger partial charge in [-0.05, 0) is 75.0 Å². The van der Waals surface area contributed by atoms with Gasteiger partial charge in [0.15, 0.2) is 5.11 Å². The monoisotopic (exact) mass is 475 g/mol. The Hall–Kier alpha value is -3.71. The first kappa shape index (κ1) is 24.9. The van der Waals surface area contributed by atoms with E-state index in [9.17, 15) is 9.59 Å². The summed E-state index contributed by atoms with van der Waals surface area (Å²) in [4.78, 5) is 25.2. The molecule has 0 atom stereocenters. The number of carbonyl (C=O) groups is 2. The molecule has 0 saturated heterocycles. The number of carbonyl (C=O) groups excluding carboxylic acids is 2. The van der Waals surface area contributed by atoms with E-state index in [-0.39, 0.29) is 22.5 Å². The zero-order chi connectivity index (χ0) is 24.6. The molecule has 0 radical (unpaired) electrons. The molecule has 0 spiro atoms. The fourth-order valence-electron chi connectivity index (χ4n) is 3.16. The molecular weight excluding hydrogens is 446 g/mol. The van der Waals surface area contributed by atoms with Gasteiger partial charge >= 0.3 is 0 Å². The van der Waals surface area contributed by atoms with Crippen molar-refractivity contribution in [3.8, 4) is 5.75 Å². The molecule has 6 nitrogen and oxygen atoms in total. The summed E-state index contributed by atoms with van der Waals surface area (Å²) >= 11 is 5.30. The predicted octanol–water partition coefficient (Wildman–Crippen LogP) is 4.96. The Bertz CT molecular complexity index is 1140. The first-order valence-corrected chi connectivity index (χ1v) is 11.4. The zero-order valence-electron chi connectivity index (χ0n) is 19.6. The van der Waals surface area contributed by atoms with E-state index >= 15 is 0 Å². The molecule has 176 valence electrons. The number of hydrogen-bond donors (Lipinski definition) is 3. The minimum absolute atomic E-state index is 0.101. The number of rotatable bonds is 7. The van der Waals surface area contributed by atoms with Gasteiger partial charge in [-0.2, -0.15) is 0 Å². The van der Waals surface area contributed by atoms with Crippen LogP contribution in [0.5, 0.6) is 5.75 Å². The van der Waals surface area contributed by atoms with Crippen LogP contribution in [0.25, 0.3) is 0 Å². The van der Waals surface area contributed by atoms with Gasteiger partial charge in [-0.25, -0.2) is 0 Å². The van der Waals surface area contributed by atoms with Crippen LogP contribution in [0.15, 0.2) is 78.9 Å². The van der Waals surface area contributed by atoms with Crippen molar-refractivity contribution in [1.82, 2.24) is 10.6 Å². The lowest BCUT2D eigenvalue weighted by molar-refractivity contribution is 0.0919. The van der Waals surface area contributed by atoms with Crippen LogP contribution >= 0.6 is 12.2 Å². The predicted molar refractivity (Wildman–Crippen MR) is 139 cm³/mol. The maximum absolute atomic E-state index is 12.6. The van der Waals surface area contributed by atoms with Gasteiger partial charge < -0.3 is 15.4 Å².